The summed E-state index contributed by atoms with van der Waals surface area (Å²) in [4.78, 5) is 21.2. The minimum atomic E-state index is -0.303. The van der Waals surface area contributed by atoms with Crippen LogP contribution in [0.4, 0.5) is 0 Å². The summed E-state index contributed by atoms with van der Waals surface area (Å²) in [6.07, 6.45) is 12.2. The zero-order valence-electron chi connectivity index (χ0n) is 16.2. The van der Waals surface area contributed by atoms with Crippen molar-refractivity contribution in [3.05, 3.63) is 60.2 Å². The van der Waals surface area contributed by atoms with Gasteiger partial charge in [0.05, 0.1) is 11.4 Å². The molecule has 0 aliphatic heterocycles. The predicted octanol–water partition coefficient (Wildman–Crippen LogP) is 5.12. The highest BCUT2D eigenvalue weighted by molar-refractivity contribution is 7.80. The van der Waals surface area contributed by atoms with Crippen LogP contribution in [0.2, 0.25) is 0 Å². The van der Waals surface area contributed by atoms with Gasteiger partial charge in [-0.3, -0.25) is 14.8 Å². The number of unbranched alkanes of at least 4 members (excludes halogenated alkanes) is 5. The fourth-order valence-corrected chi connectivity index (χ4v) is 3.24. The first-order chi connectivity index (χ1) is 13.2. The number of hydrogen-bond acceptors (Lipinski definition) is 4. The van der Waals surface area contributed by atoms with Gasteiger partial charge < -0.3 is 5.32 Å². The summed E-state index contributed by atoms with van der Waals surface area (Å²) in [5, 5.41) is 3.60. The highest BCUT2D eigenvalue weighted by Crippen LogP contribution is 2.18. The molecule has 1 amide bonds. The van der Waals surface area contributed by atoms with Crippen LogP contribution < -0.4 is 5.32 Å². The van der Waals surface area contributed by atoms with Crippen LogP contribution in [0.3, 0.4) is 0 Å². The molecule has 0 aliphatic rings. The summed E-state index contributed by atoms with van der Waals surface area (Å²) in [6.45, 7) is 2.14. The van der Waals surface area contributed by atoms with E-state index in [4.69, 9.17) is 0 Å². The Labute approximate surface area is 168 Å². The van der Waals surface area contributed by atoms with Crippen molar-refractivity contribution in [2.45, 2.75) is 69.6 Å². The van der Waals surface area contributed by atoms with E-state index in [0.29, 0.717) is 11.7 Å². The maximum atomic E-state index is 12.4. The molecule has 0 aliphatic carbocycles. The Hall–Kier alpha value is -1.88. The maximum absolute atomic E-state index is 12.4. The molecule has 0 saturated carbocycles. The van der Waals surface area contributed by atoms with Crippen molar-refractivity contribution in [3.8, 4) is 0 Å². The van der Waals surface area contributed by atoms with E-state index in [-0.39, 0.29) is 11.9 Å². The maximum Gasteiger partial charge on any atom is 0.220 e. The normalized spacial score (nSPS) is 12.1. The standard InChI is InChI=1S/C22H31N3OS/c1-18(27)12-6-4-2-3-5-7-15-21(26)25-22(19-13-8-10-16-23-19)20-14-9-11-17-24-20/h8-11,13-14,16-18,22,27H,2-7,12,15H2,1H3,(H,25,26). The van der Waals surface area contributed by atoms with Crippen LogP contribution in [0.5, 0.6) is 0 Å². The molecule has 0 bridgehead atoms. The van der Waals surface area contributed by atoms with Gasteiger partial charge in [-0.15, -0.1) is 0 Å². The summed E-state index contributed by atoms with van der Waals surface area (Å²) in [5.74, 6) is 0.0557. The van der Waals surface area contributed by atoms with E-state index in [0.717, 1.165) is 24.2 Å². The number of amides is 1. The third kappa shape index (κ3) is 8.57. The molecule has 1 atom stereocenters. The Balaban J connectivity index is 1.75. The van der Waals surface area contributed by atoms with Crippen molar-refractivity contribution in [2.75, 3.05) is 0 Å². The molecular weight excluding hydrogens is 354 g/mol. The minimum absolute atomic E-state index is 0.0557. The van der Waals surface area contributed by atoms with Crippen molar-refractivity contribution in [1.82, 2.24) is 15.3 Å². The van der Waals surface area contributed by atoms with E-state index in [1.807, 2.05) is 36.4 Å². The third-order valence-corrected chi connectivity index (χ3v) is 4.81. The molecule has 0 saturated heterocycles. The number of carbonyl (C=O) groups is 1. The molecule has 2 heterocycles. The molecule has 0 spiro atoms. The zero-order valence-corrected chi connectivity index (χ0v) is 17.1. The Kier molecular flexibility index (Phi) is 9.91. The topological polar surface area (TPSA) is 54.9 Å². The molecule has 146 valence electrons. The number of nitrogens with zero attached hydrogens (tertiary/aromatic N) is 2. The summed E-state index contributed by atoms with van der Waals surface area (Å²) >= 11 is 4.41. The number of carbonyl (C=O) groups excluding carboxylic acids is 1. The van der Waals surface area contributed by atoms with E-state index in [9.17, 15) is 4.79 Å². The molecule has 1 N–H and O–H groups in total. The van der Waals surface area contributed by atoms with Gasteiger partial charge in [-0.05, 0) is 42.4 Å². The first-order valence-corrected chi connectivity index (χ1v) is 10.5. The number of hydrogen-bond donors (Lipinski definition) is 2. The predicted molar refractivity (Wildman–Crippen MR) is 114 cm³/mol. The molecule has 2 rings (SSSR count). The highest BCUT2D eigenvalue weighted by atomic mass is 32.1. The third-order valence-electron chi connectivity index (χ3n) is 4.55. The van der Waals surface area contributed by atoms with Crippen LogP contribution in [-0.4, -0.2) is 21.1 Å². The smallest absolute Gasteiger partial charge is 0.220 e. The van der Waals surface area contributed by atoms with E-state index < -0.39 is 0 Å². The van der Waals surface area contributed by atoms with Crippen LogP contribution >= 0.6 is 12.6 Å². The van der Waals surface area contributed by atoms with E-state index >= 15 is 0 Å². The van der Waals surface area contributed by atoms with E-state index in [2.05, 4.69) is 34.8 Å². The summed E-state index contributed by atoms with van der Waals surface area (Å²) in [7, 11) is 0. The molecular formula is C22H31N3OS. The van der Waals surface area contributed by atoms with Crippen LogP contribution in [0, 0.1) is 0 Å². The van der Waals surface area contributed by atoms with Crippen LogP contribution in [0.25, 0.3) is 0 Å². The van der Waals surface area contributed by atoms with Gasteiger partial charge in [0.1, 0.15) is 6.04 Å². The van der Waals surface area contributed by atoms with Gasteiger partial charge in [-0.1, -0.05) is 51.2 Å². The second-order valence-electron chi connectivity index (χ2n) is 7.02. The van der Waals surface area contributed by atoms with Gasteiger partial charge in [0, 0.05) is 18.8 Å². The largest absolute Gasteiger partial charge is 0.342 e. The monoisotopic (exact) mass is 385 g/mol. The van der Waals surface area contributed by atoms with Gasteiger partial charge in [0.2, 0.25) is 5.91 Å². The van der Waals surface area contributed by atoms with Crippen molar-refractivity contribution in [1.29, 1.82) is 0 Å². The number of nitrogens with one attached hydrogen (secondary N) is 1. The second kappa shape index (κ2) is 12.5. The first kappa shape index (κ1) is 21.4. The minimum Gasteiger partial charge on any atom is -0.342 e. The average Bonchev–Trinajstić information content (AvgIpc) is 2.69. The number of pyridine rings is 2. The lowest BCUT2D eigenvalue weighted by Gasteiger charge is -2.18. The lowest BCUT2D eigenvalue weighted by Crippen LogP contribution is -2.30. The Morgan fingerprint density at radius 1 is 0.926 bits per heavy atom. The Morgan fingerprint density at radius 3 is 2.00 bits per heavy atom. The molecule has 2 aromatic heterocycles. The molecule has 27 heavy (non-hydrogen) atoms. The van der Waals surface area contributed by atoms with Gasteiger partial charge in [-0.25, -0.2) is 0 Å². The fourth-order valence-electron chi connectivity index (χ4n) is 3.06. The molecule has 1 unspecified atom stereocenters. The quantitative estimate of drug-likeness (QED) is 0.394. The SMILES string of the molecule is CC(S)CCCCCCCCC(=O)NC(c1ccccn1)c1ccccn1. The van der Waals surface area contributed by atoms with E-state index in [1.165, 1.54) is 32.1 Å². The molecule has 5 heteroatoms. The highest BCUT2D eigenvalue weighted by Gasteiger charge is 2.18. The van der Waals surface area contributed by atoms with Crippen LogP contribution in [0.1, 0.15) is 75.7 Å². The molecule has 0 radical (unpaired) electrons. The van der Waals surface area contributed by atoms with Crippen LogP contribution in [0.15, 0.2) is 48.8 Å². The Bertz CT molecular complexity index is 610. The average molecular weight is 386 g/mol. The number of rotatable bonds is 12. The van der Waals surface area contributed by atoms with Crippen molar-refractivity contribution < 1.29 is 4.79 Å². The van der Waals surface area contributed by atoms with Gasteiger partial charge in [0.15, 0.2) is 0 Å². The lowest BCUT2D eigenvalue weighted by atomic mass is 10.1. The van der Waals surface area contributed by atoms with Gasteiger partial charge >= 0.3 is 0 Å². The van der Waals surface area contributed by atoms with Gasteiger partial charge in [-0.2, -0.15) is 12.6 Å². The molecule has 0 fully saturated rings. The fraction of sp³-hybridized carbons (Fsp3) is 0.500. The summed E-state index contributed by atoms with van der Waals surface area (Å²) < 4.78 is 0. The summed E-state index contributed by atoms with van der Waals surface area (Å²) in [5.41, 5.74) is 1.62. The zero-order chi connectivity index (χ0) is 19.3. The van der Waals surface area contributed by atoms with Gasteiger partial charge in [0.25, 0.3) is 0 Å². The number of thiol groups is 1. The van der Waals surface area contributed by atoms with E-state index in [1.54, 1.807) is 12.4 Å². The van der Waals surface area contributed by atoms with Crippen molar-refractivity contribution in [2.24, 2.45) is 0 Å². The second-order valence-corrected chi connectivity index (χ2v) is 7.90. The van der Waals surface area contributed by atoms with Crippen molar-refractivity contribution >= 4 is 18.5 Å². The van der Waals surface area contributed by atoms with Crippen LogP contribution in [-0.2, 0) is 4.79 Å². The molecule has 0 aromatic carbocycles. The van der Waals surface area contributed by atoms with Crippen molar-refractivity contribution in [3.63, 3.8) is 0 Å². The first-order valence-electron chi connectivity index (χ1n) is 9.96. The molecule has 2 aromatic rings. The number of aromatic nitrogens is 2. The summed E-state index contributed by atoms with van der Waals surface area (Å²) in [6, 6.07) is 11.1. The lowest BCUT2D eigenvalue weighted by molar-refractivity contribution is -0.121. The Morgan fingerprint density at radius 2 is 1.48 bits per heavy atom. The molecule has 4 nitrogen and oxygen atoms in total.